The number of methoxy groups -OCH3 is 1. The Morgan fingerprint density at radius 3 is 2.88 bits per heavy atom. The van der Waals surface area contributed by atoms with Crippen LogP contribution in [0.15, 0.2) is 47.5 Å². The zero-order valence-corrected chi connectivity index (χ0v) is 18.1. The van der Waals surface area contributed by atoms with E-state index in [1.165, 1.54) is 4.57 Å². The van der Waals surface area contributed by atoms with Crippen molar-refractivity contribution in [3.05, 3.63) is 70.2 Å². The second-order valence-electron chi connectivity index (χ2n) is 7.90. The second-order valence-corrected chi connectivity index (χ2v) is 7.90. The van der Waals surface area contributed by atoms with Gasteiger partial charge in [-0.15, -0.1) is 0 Å². The Morgan fingerprint density at radius 2 is 2.09 bits per heavy atom. The summed E-state index contributed by atoms with van der Waals surface area (Å²) >= 11 is 0. The third-order valence-electron chi connectivity index (χ3n) is 5.39. The first-order valence-electron chi connectivity index (χ1n) is 10.2. The zero-order chi connectivity index (χ0) is 22.9. The summed E-state index contributed by atoms with van der Waals surface area (Å²) in [6, 6.07) is 9.40. The predicted molar refractivity (Wildman–Crippen MR) is 117 cm³/mol. The number of rotatable bonds is 5. The summed E-state index contributed by atoms with van der Waals surface area (Å²) in [5, 5.41) is 13.1. The fourth-order valence-corrected chi connectivity index (χ4v) is 3.72. The van der Waals surface area contributed by atoms with Gasteiger partial charge in [0, 0.05) is 18.3 Å². The third kappa shape index (κ3) is 3.94. The molecule has 0 bridgehead atoms. The molecule has 3 heterocycles. The Bertz CT molecular complexity index is 1240. The number of pyridine rings is 1. The molecule has 2 N–H and O–H groups in total. The summed E-state index contributed by atoms with van der Waals surface area (Å²) in [7, 11) is 1.57. The molecule has 2 aromatic heterocycles. The van der Waals surface area contributed by atoms with Crippen molar-refractivity contribution in [3.8, 4) is 22.6 Å². The van der Waals surface area contributed by atoms with E-state index in [0.29, 0.717) is 18.2 Å². The number of carbonyl (C=O) groups excluding carboxylic acids is 1. The standard InChI is InChI=1S/C23H24N4O5/c1-23(2)22-26-18(19(28)21(30)27(22)8-9-32-23)20(29)25-12-14-6-4-5-7-17(14)15-10-16(31-3)13-24-11-15/h4-7,10-11,13,28H,8-9,12H2,1-3H3,(H,25,29). The van der Waals surface area contributed by atoms with E-state index in [9.17, 15) is 14.7 Å². The molecule has 1 aliphatic heterocycles. The SMILES string of the molecule is COc1cncc(-c2ccccc2CNC(=O)c2nc3n(c(=O)c2O)CCOC3(C)C)c1. The van der Waals surface area contributed by atoms with Crippen LogP contribution in [0.5, 0.6) is 11.5 Å². The molecule has 0 saturated carbocycles. The first kappa shape index (κ1) is 21.5. The number of amides is 1. The number of ether oxygens (including phenoxy) is 2. The van der Waals surface area contributed by atoms with Gasteiger partial charge in [0.25, 0.3) is 11.5 Å². The molecule has 0 atom stereocenters. The van der Waals surface area contributed by atoms with Gasteiger partial charge in [-0.3, -0.25) is 19.1 Å². The fourth-order valence-electron chi connectivity index (χ4n) is 3.72. The molecule has 0 aliphatic carbocycles. The fraction of sp³-hybridized carbons (Fsp3) is 0.304. The number of hydrogen-bond donors (Lipinski definition) is 2. The maximum Gasteiger partial charge on any atom is 0.296 e. The second kappa shape index (κ2) is 8.43. The number of aromatic nitrogens is 3. The van der Waals surface area contributed by atoms with Gasteiger partial charge >= 0.3 is 0 Å². The summed E-state index contributed by atoms with van der Waals surface area (Å²) in [5.41, 5.74) is 0.706. The average molecular weight is 436 g/mol. The molecular formula is C23H24N4O5. The normalized spacial score (nSPS) is 14.5. The summed E-state index contributed by atoms with van der Waals surface area (Å²) < 4.78 is 12.3. The number of fused-ring (bicyclic) bond motifs is 1. The molecule has 0 spiro atoms. The van der Waals surface area contributed by atoms with Gasteiger partial charge in [-0.25, -0.2) is 4.98 Å². The highest BCUT2D eigenvalue weighted by atomic mass is 16.5. The minimum absolute atomic E-state index is 0.158. The van der Waals surface area contributed by atoms with E-state index in [2.05, 4.69) is 15.3 Å². The predicted octanol–water partition coefficient (Wildman–Crippen LogP) is 2.21. The molecule has 1 aromatic carbocycles. The quantitative estimate of drug-likeness (QED) is 0.630. The number of hydrogen-bond acceptors (Lipinski definition) is 7. The molecule has 1 aliphatic rings. The van der Waals surface area contributed by atoms with Crippen molar-refractivity contribution >= 4 is 5.91 Å². The number of carbonyl (C=O) groups is 1. The maximum absolute atomic E-state index is 12.9. The minimum atomic E-state index is -0.855. The Kier molecular flexibility index (Phi) is 5.67. The van der Waals surface area contributed by atoms with E-state index in [1.54, 1.807) is 33.4 Å². The van der Waals surface area contributed by atoms with Gasteiger partial charge < -0.3 is 19.9 Å². The van der Waals surface area contributed by atoms with Crippen molar-refractivity contribution in [2.24, 2.45) is 0 Å². The van der Waals surface area contributed by atoms with Gasteiger partial charge in [0.1, 0.15) is 17.2 Å². The molecule has 9 heteroatoms. The van der Waals surface area contributed by atoms with Crippen LogP contribution in [0.1, 0.15) is 35.7 Å². The van der Waals surface area contributed by atoms with Gasteiger partial charge in [0.05, 0.1) is 26.5 Å². The van der Waals surface area contributed by atoms with Crippen LogP contribution in [0.25, 0.3) is 11.1 Å². The monoisotopic (exact) mass is 436 g/mol. The smallest absolute Gasteiger partial charge is 0.296 e. The lowest BCUT2D eigenvalue weighted by atomic mass is 10.0. The van der Waals surface area contributed by atoms with Crippen molar-refractivity contribution in [2.75, 3.05) is 13.7 Å². The molecule has 3 aromatic rings. The third-order valence-corrected chi connectivity index (χ3v) is 5.39. The van der Waals surface area contributed by atoms with Crippen LogP contribution in [0.3, 0.4) is 0 Å². The Hall–Kier alpha value is -3.72. The van der Waals surface area contributed by atoms with E-state index in [4.69, 9.17) is 9.47 Å². The van der Waals surface area contributed by atoms with Gasteiger partial charge in [-0.2, -0.15) is 0 Å². The molecule has 4 rings (SSSR count). The van der Waals surface area contributed by atoms with Gasteiger partial charge in [0.15, 0.2) is 5.69 Å². The van der Waals surface area contributed by atoms with E-state index in [0.717, 1.165) is 16.7 Å². The Morgan fingerprint density at radius 1 is 1.31 bits per heavy atom. The van der Waals surface area contributed by atoms with Crippen molar-refractivity contribution in [3.63, 3.8) is 0 Å². The molecule has 1 amide bonds. The number of nitrogens with one attached hydrogen (secondary N) is 1. The van der Waals surface area contributed by atoms with Crippen LogP contribution in [0, 0.1) is 0 Å². The van der Waals surface area contributed by atoms with Crippen LogP contribution in [0.2, 0.25) is 0 Å². The summed E-state index contributed by atoms with van der Waals surface area (Å²) in [5.74, 6) is -0.397. The first-order valence-corrected chi connectivity index (χ1v) is 10.2. The highest BCUT2D eigenvalue weighted by Crippen LogP contribution is 2.28. The van der Waals surface area contributed by atoms with E-state index in [1.807, 2.05) is 30.3 Å². The first-order chi connectivity index (χ1) is 15.3. The number of aromatic hydroxyl groups is 1. The highest BCUT2D eigenvalue weighted by molar-refractivity contribution is 5.94. The summed E-state index contributed by atoms with van der Waals surface area (Å²) in [6.45, 7) is 4.28. The zero-order valence-electron chi connectivity index (χ0n) is 18.1. The largest absolute Gasteiger partial charge is 0.501 e. The van der Waals surface area contributed by atoms with E-state index in [-0.39, 0.29) is 18.8 Å². The molecule has 0 saturated heterocycles. The van der Waals surface area contributed by atoms with Gasteiger partial charge in [-0.1, -0.05) is 24.3 Å². The van der Waals surface area contributed by atoms with Crippen molar-refractivity contribution in [1.29, 1.82) is 0 Å². The lowest BCUT2D eigenvalue weighted by Crippen LogP contribution is -2.42. The Labute approximate surface area is 184 Å². The van der Waals surface area contributed by atoms with Crippen LogP contribution in [-0.2, 0) is 23.4 Å². The van der Waals surface area contributed by atoms with Crippen LogP contribution in [0.4, 0.5) is 0 Å². The Balaban J connectivity index is 1.62. The van der Waals surface area contributed by atoms with Crippen LogP contribution in [-0.4, -0.2) is 39.3 Å². The molecule has 0 unspecified atom stereocenters. The van der Waals surface area contributed by atoms with E-state index >= 15 is 0 Å². The van der Waals surface area contributed by atoms with Gasteiger partial charge in [-0.05, 0) is 31.0 Å². The lowest BCUT2D eigenvalue weighted by Gasteiger charge is -2.32. The van der Waals surface area contributed by atoms with Gasteiger partial charge in [0.2, 0.25) is 5.75 Å². The topological polar surface area (TPSA) is 116 Å². The van der Waals surface area contributed by atoms with Crippen LogP contribution < -0.4 is 15.6 Å². The van der Waals surface area contributed by atoms with E-state index < -0.39 is 22.8 Å². The maximum atomic E-state index is 12.9. The summed E-state index contributed by atoms with van der Waals surface area (Å²) in [4.78, 5) is 34.0. The number of nitrogens with zero attached hydrogens (tertiary/aromatic N) is 3. The van der Waals surface area contributed by atoms with Crippen molar-refractivity contribution in [1.82, 2.24) is 19.9 Å². The molecule has 166 valence electrons. The van der Waals surface area contributed by atoms with Crippen molar-refractivity contribution < 1.29 is 19.4 Å². The molecule has 0 fully saturated rings. The molecule has 9 nitrogen and oxygen atoms in total. The lowest BCUT2D eigenvalue weighted by molar-refractivity contribution is -0.0566. The minimum Gasteiger partial charge on any atom is -0.501 e. The molecular weight excluding hydrogens is 412 g/mol. The molecule has 32 heavy (non-hydrogen) atoms. The molecule has 0 radical (unpaired) electrons. The summed E-state index contributed by atoms with van der Waals surface area (Å²) in [6.07, 6.45) is 3.32. The van der Waals surface area contributed by atoms with Crippen LogP contribution >= 0.6 is 0 Å². The number of benzene rings is 1. The average Bonchev–Trinajstić information content (AvgIpc) is 2.80. The highest BCUT2D eigenvalue weighted by Gasteiger charge is 2.34. The van der Waals surface area contributed by atoms with Crippen molar-refractivity contribution in [2.45, 2.75) is 32.5 Å².